The molecule has 0 aliphatic carbocycles. The van der Waals surface area contributed by atoms with Crippen LogP contribution in [0.15, 0.2) is 48.5 Å². The van der Waals surface area contributed by atoms with Crippen molar-refractivity contribution in [2.24, 2.45) is 5.84 Å². The molecule has 0 aliphatic rings. The smallest absolute Gasteiger partial charge is 0.281 e. The molecule has 0 bridgehead atoms. The second kappa shape index (κ2) is 5.42. The molecule has 0 atom stereocenters. The van der Waals surface area contributed by atoms with Crippen LogP contribution >= 0.6 is 0 Å². The number of nitrogen functional groups attached to an aromatic ring is 1. The molecule has 4 N–H and O–H groups in total. The summed E-state index contributed by atoms with van der Waals surface area (Å²) in [7, 11) is 0. The van der Waals surface area contributed by atoms with Gasteiger partial charge in [0.2, 0.25) is 0 Å². The lowest BCUT2D eigenvalue weighted by Gasteiger charge is -2.04. The molecule has 4 heteroatoms. The normalized spacial score (nSPS) is 10.8. The van der Waals surface area contributed by atoms with Crippen molar-refractivity contribution in [2.45, 2.75) is 13.3 Å². The number of nitrogens with one attached hydrogen (secondary N) is 2. The molecule has 3 aromatic rings. The number of hydrogen-bond donors (Lipinski definition) is 3. The van der Waals surface area contributed by atoms with Crippen LogP contribution in [0.2, 0.25) is 0 Å². The Morgan fingerprint density at radius 3 is 2.67 bits per heavy atom. The third-order valence-corrected chi connectivity index (χ3v) is 3.64. The Kier molecular flexibility index (Phi) is 3.46. The van der Waals surface area contributed by atoms with Crippen LogP contribution in [0, 0.1) is 6.92 Å². The molecule has 1 heterocycles. The zero-order valence-electron chi connectivity index (χ0n) is 11.8. The fourth-order valence-electron chi connectivity index (χ4n) is 2.61. The van der Waals surface area contributed by atoms with E-state index in [-0.39, 0.29) is 5.91 Å². The van der Waals surface area contributed by atoms with E-state index >= 15 is 0 Å². The number of hydrazine groups is 1. The molecule has 0 unspecified atom stereocenters. The molecule has 0 fully saturated rings. The van der Waals surface area contributed by atoms with Crippen molar-refractivity contribution >= 4 is 16.8 Å². The van der Waals surface area contributed by atoms with E-state index in [1.807, 2.05) is 37.3 Å². The minimum absolute atomic E-state index is 0.296. The molecule has 4 nitrogen and oxygen atoms in total. The summed E-state index contributed by atoms with van der Waals surface area (Å²) in [6.07, 6.45) is 0.688. The predicted molar refractivity (Wildman–Crippen MR) is 83.9 cm³/mol. The highest BCUT2D eigenvalue weighted by Crippen LogP contribution is 2.26. The fourth-order valence-corrected chi connectivity index (χ4v) is 2.61. The highest BCUT2D eigenvalue weighted by Gasteiger charge is 2.17. The van der Waals surface area contributed by atoms with Gasteiger partial charge in [-0.3, -0.25) is 10.2 Å². The molecule has 1 amide bonds. The molecule has 1 aromatic heterocycles. The monoisotopic (exact) mass is 279 g/mol. The Morgan fingerprint density at radius 1 is 1.19 bits per heavy atom. The van der Waals surface area contributed by atoms with Gasteiger partial charge in [-0.05, 0) is 30.2 Å². The molecule has 0 radical (unpaired) electrons. The van der Waals surface area contributed by atoms with Crippen molar-refractivity contribution in [2.75, 3.05) is 0 Å². The molecule has 0 saturated carbocycles. The van der Waals surface area contributed by atoms with Gasteiger partial charge in [0.05, 0.1) is 0 Å². The average molecular weight is 279 g/mol. The molecular formula is C17H17N3O. The quantitative estimate of drug-likeness (QED) is 0.392. The van der Waals surface area contributed by atoms with Gasteiger partial charge in [0.25, 0.3) is 5.91 Å². The van der Waals surface area contributed by atoms with E-state index in [0.29, 0.717) is 12.1 Å². The minimum Gasteiger partial charge on any atom is -0.350 e. The molecule has 0 aliphatic heterocycles. The summed E-state index contributed by atoms with van der Waals surface area (Å²) in [5.74, 6) is 5.00. The van der Waals surface area contributed by atoms with Crippen LogP contribution in [0.1, 0.15) is 27.2 Å². The maximum Gasteiger partial charge on any atom is 0.281 e. The number of rotatable bonds is 3. The highest BCUT2D eigenvalue weighted by molar-refractivity contribution is 6.01. The van der Waals surface area contributed by atoms with Gasteiger partial charge in [0.1, 0.15) is 5.69 Å². The van der Waals surface area contributed by atoms with Crippen LogP contribution < -0.4 is 11.3 Å². The van der Waals surface area contributed by atoms with E-state index in [9.17, 15) is 4.79 Å². The Hall–Kier alpha value is -2.59. The first-order valence-corrected chi connectivity index (χ1v) is 6.85. The molecule has 2 aromatic carbocycles. The van der Waals surface area contributed by atoms with Gasteiger partial charge < -0.3 is 4.98 Å². The number of aromatic nitrogens is 1. The first-order chi connectivity index (χ1) is 10.2. The van der Waals surface area contributed by atoms with Crippen LogP contribution in [0.3, 0.4) is 0 Å². The summed E-state index contributed by atoms with van der Waals surface area (Å²) in [6.45, 7) is 2.04. The number of carbonyl (C=O) groups excluding carboxylic acids is 1. The van der Waals surface area contributed by atoms with Gasteiger partial charge in [-0.15, -0.1) is 0 Å². The number of fused-ring (bicyclic) bond motifs is 1. The van der Waals surface area contributed by atoms with Crippen molar-refractivity contribution in [1.29, 1.82) is 0 Å². The summed E-state index contributed by atoms with van der Waals surface area (Å²) >= 11 is 0. The summed E-state index contributed by atoms with van der Waals surface area (Å²) in [5.41, 5.74) is 6.99. The third-order valence-electron chi connectivity index (χ3n) is 3.64. The van der Waals surface area contributed by atoms with Gasteiger partial charge in [0, 0.05) is 17.3 Å². The topological polar surface area (TPSA) is 70.9 Å². The summed E-state index contributed by atoms with van der Waals surface area (Å²) in [6, 6.07) is 16.2. The summed E-state index contributed by atoms with van der Waals surface area (Å²) in [5, 5.41) is 1.07. The number of hydrogen-bond acceptors (Lipinski definition) is 2. The van der Waals surface area contributed by atoms with E-state index in [0.717, 1.165) is 27.6 Å². The second-order valence-corrected chi connectivity index (χ2v) is 5.16. The standard InChI is InChI=1S/C17H17N3O/c1-11-7-8-15-13(9-11)14(16(19-15)17(21)20-18)10-12-5-3-2-4-6-12/h2-9,19H,10,18H2,1H3,(H,20,21). The Bertz CT molecular complexity index is 790. The van der Waals surface area contributed by atoms with Gasteiger partial charge in [-0.1, -0.05) is 42.0 Å². The van der Waals surface area contributed by atoms with Crippen molar-refractivity contribution in [3.05, 3.63) is 70.9 Å². The van der Waals surface area contributed by atoms with E-state index in [1.54, 1.807) is 0 Å². The number of nitrogens with two attached hydrogens (primary N) is 1. The fraction of sp³-hybridized carbons (Fsp3) is 0.118. The summed E-state index contributed by atoms with van der Waals surface area (Å²) < 4.78 is 0. The number of aryl methyl sites for hydroxylation is 1. The van der Waals surface area contributed by atoms with Crippen LogP contribution in [0.4, 0.5) is 0 Å². The van der Waals surface area contributed by atoms with Crippen LogP contribution in [-0.2, 0) is 6.42 Å². The van der Waals surface area contributed by atoms with Crippen LogP contribution in [0.5, 0.6) is 0 Å². The van der Waals surface area contributed by atoms with Crippen molar-refractivity contribution in [3.63, 3.8) is 0 Å². The molecule has 0 spiro atoms. The zero-order chi connectivity index (χ0) is 14.8. The summed E-state index contributed by atoms with van der Waals surface area (Å²) in [4.78, 5) is 15.2. The average Bonchev–Trinajstić information content (AvgIpc) is 2.86. The first-order valence-electron chi connectivity index (χ1n) is 6.85. The number of aromatic amines is 1. The number of benzene rings is 2. The van der Waals surface area contributed by atoms with Gasteiger partial charge >= 0.3 is 0 Å². The van der Waals surface area contributed by atoms with Crippen molar-refractivity contribution in [3.8, 4) is 0 Å². The van der Waals surface area contributed by atoms with Crippen LogP contribution in [0.25, 0.3) is 10.9 Å². The maximum atomic E-state index is 12.0. The molecule has 0 saturated heterocycles. The molecule has 21 heavy (non-hydrogen) atoms. The minimum atomic E-state index is -0.296. The lowest BCUT2D eigenvalue weighted by molar-refractivity contribution is 0.0948. The first kappa shape index (κ1) is 13.4. The van der Waals surface area contributed by atoms with Gasteiger partial charge in [-0.25, -0.2) is 5.84 Å². The van der Waals surface area contributed by atoms with Gasteiger partial charge in [0.15, 0.2) is 0 Å². The number of amides is 1. The van der Waals surface area contributed by atoms with Crippen molar-refractivity contribution in [1.82, 2.24) is 10.4 Å². The van der Waals surface area contributed by atoms with Crippen LogP contribution in [-0.4, -0.2) is 10.9 Å². The van der Waals surface area contributed by atoms with Crippen molar-refractivity contribution < 1.29 is 4.79 Å². The predicted octanol–water partition coefficient (Wildman–Crippen LogP) is 2.67. The number of carbonyl (C=O) groups is 1. The third kappa shape index (κ3) is 2.53. The second-order valence-electron chi connectivity index (χ2n) is 5.16. The molecular weight excluding hydrogens is 262 g/mol. The Balaban J connectivity index is 2.17. The molecule has 3 rings (SSSR count). The van der Waals surface area contributed by atoms with E-state index in [1.165, 1.54) is 0 Å². The van der Waals surface area contributed by atoms with E-state index in [2.05, 4.69) is 28.6 Å². The largest absolute Gasteiger partial charge is 0.350 e. The molecule has 106 valence electrons. The van der Waals surface area contributed by atoms with E-state index in [4.69, 9.17) is 5.84 Å². The SMILES string of the molecule is Cc1ccc2[nH]c(C(=O)NN)c(Cc3ccccc3)c2c1. The zero-order valence-corrected chi connectivity index (χ0v) is 11.8. The Morgan fingerprint density at radius 2 is 1.95 bits per heavy atom. The number of H-pyrrole nitrogens is 1. The Labute approximate surface area is 122 Å². The van der Waals surface area contributed by atoms with Gasteiger partial charge in [-0.2, -0.15) is 0 Å². The maximum absolute atomic E-state index is 12.0. The lowest BCUT2D eigenvalue weighted by atomic mass is 10.0. The highest BCUT2D eigenvalue weighted by atomic mass is 16.2. The lowest BCUT2D eigenvalue weighted by Crippen LogP contribution is -2.31. The van der Waals surface area contributed by atoms with E-state index < -0.39 is 0 Å².